The third-order valence-electron chi connectivity index (χ3n) is 4.98. The fourth-order valence-electron chi connectivity index (χ4n) is 3.24. The summed E-state index contributed by atoms with van der Waals surface area (Å²) in [6.45, 7) is 7.13. The Balaban J connectivity index is 1.73. The van der Waals surface area contributed by atoms with Gasteiger partial charge in [-0.3, -0.25) is 4.79 Å². The summed E-state index contributed by atoms with van der Waals surface area (Å²) in [4.78, 5) is 28.4. The maximum atomic E-state index is 14.9. The number of aromatic nitrogens is 4. The quantitative estimate of drug-likeness (QED) is 0.398. The van der Waals surface area contributed by atoms with E-state index >= 15 is 0 Å². The first-order chi connectivity index (χ1) is 16.3. The molecule has 1 amide bonds. The molecule has 9 heteroatoms. The molecule has 0 saturated carbocycles. The van der Waals surface area contributed by atoms with Gasteiger partial charge in [-0.1, -0.05) is 24.8 Å². The van der Waals surface area contributed by atoms with Crippen LogP contribution in [0.5, 0.6) is 11.8 Å². The topological polar surface area (TPSA) is 116 Å². The summed E-state index contributed by atoms with van der Waals surface area (Å²) in [6, 6.07) is 11.7. The van der Waals surface area contributed by atoms with Gasteiger partial charge in [-0.15, -0.1) is 0 Å². The van der Waals surface area contributed by atoms with Crippen LogP contribution in [0.25, 0.3) is 22.4 Å². The van der Waals surface area contributed by atoms with Gasteiger partial charge in [0.1, 0.15) is 0 Å². The minimum absolute atomic E-state index is 0.0166. The number of hydrogen-bond donors (Lipinski definition) is 2. The average Bonchev–Trinajstić information content (AvgIpc) is 2.82. The van der Waals surface area contributed by atoms with Gasteiger partial charge < -0.3 is 15.8 Å². The number of halogens is 1. The molecule has 0 atom stereocenters. The predicted molar refractivity (Wildman–Crippen MR) is 128 cm³/mol. The van der Waals surface area contributed by atoms with E-state index in [0.29, 0.717) is 33.8 Å². The zero-order valence-corrected chi connectivity index (χ0v) is 18.5. The second-order valence-corrected chi connectivity index (χ2v) is 7.44. The number of rotatable bonds is 6. The van der Waals surface area contributed by atoms with Crippen LogP contribution in [0.4, 0.5) is 16.0 Å². The van der Waals surface area contributed by atoms with Crippen molar-refractivity contribution in [3.05, 3.63) is 84.6 Å². The molecule has 0 radical (unpaired) electrons. The van der Waals surface area contributed by atoms with E-state index in [4.69, 9.17) is 10.5 Å². The summed E-state index contributed by atoms with van der Waals surface area (Å²) in [5.74, 6) is -0.892. The van der Waals surface area contributed by atoms with Gasteiger partial charge in [-0.2, -0.15) is 0 Å². The molecule has 0 bridgehead atoms. The maximum absolute atomic E-state index is 14.9. The lowest BCUT2D eigenvalue weighted by Crippen LogP contribution is -2.08. The highest BCUT2D eigenvalue weighted by Crippen LogP contribution is 2.35. The van der Waals surface area contributed by atoms with Gasteiger partial charge in [-0.25, -0.2) is 24.3 Å². The Labute approximate surface area is 195 Å². The fourth-order valence-corrected chi connectivity index (χ4v) is 3.24. The number of nitrogens with zero attached hydrogens (tertiary/aromatic N) is 4. The third kappa shape index (κ3) is 4.88. The number of amides is 1. The molecule has 2 heterocycles. The van der Waals surface area contributed by atoms with E-state index in [1.807, 2.05) is 19.1 Å². The number of nitrogen functional groups attached to an aromatic ring is 1. The van der Waals surface area contributed by atoms with Crippen LogP contribution < -0.4 is 15.8 Å². The summed E-state index contributed by atoms with van der Waals surface area (Å²) in [5.41, 5.74) is 10.2. The number of hydrogen-bond acceptors (Lipinski definition) is 7. The van der Waals surface area contributed by atoms with Crippen molar-refractivity contribution in [2.45, 2.75) is 13.8 Å². The van der Waals surface area contributed by atoms with Crippen molar-refractivity contribution >= 4 is 17.5 Å². The van der Waals surface area contributed by atoms with Gasteiger partial charge in [-0.05, 0) is 55.3 Å². The van der Waals surface area contributed by atoms with Gasteiger partial charge >= 0.3 is 6.01 Å². The molecule has 3 N–H and O–H groups in total. The van der Waals surface area contributed by atoms with Gasteiger partial charge in [0.25, 0.3) is 0 Å². The molecule has 2 aromatic heterocycles. The van der Waals surface area contributed by atoms with Gasteiger partial charge in [0.2, 0.25) is 11.9 Å². The highest BCUT2D eigenvalue weighted by atomic mass is 19.1. The van der Waals surface area contributed by atoms with Gasteiger partial charge in [0, 0.05) is 34.9 Å². The monoisotopic (exact) mass is 456 g/mol. The smallest absolute Gasteiger partial charge is 0.322 e. The van der Waals surface area contributed by atoms with Crippen LogP contribution in [0.1, 0.15) is 11.3 Å². The molecule has 4 aromatic rings. The average molecular weight is 456 g/mol. The molecule has 0 aliphatic carbocycles. The summed E-state index contributed by atoms with van der Waals surface area (Å²) >= 11 is 0. The first-order valence-corrected chi connectivity index (χ1v) is 10.3. The molecule has 34 heavy (non-hydrogen) atoms. The van der Waals surface area contributed by atoms with Crippen molar-refractivity contribution < 1.29 is 13.9 Å². The van der Waals surface area contributed by atoms with E-state index < -0.39 is 5.82 Å². The van der Waals surface area contributed by atoms with E-state index in [2.05, 4.69) is 31.8 Å². The minimum atomic E-state index is -0.603. The van der Waals surface area contributed by atoms with Crippen LogP contribution in [0, 0.1) is 19.7 Å². The van der Waals surface area contributed by atoms with Crippen LogP contribution in [0.3, 0.4) is 0 Å². The maximum Gasteiger partial charge on any atom is 0.322 e. The summed E-state index contributed by atoms with van der Waals surface area (Å²) < 4.78 is 20.4. The van der Waals surface area contributed by atoms with E-state index in [0.717, 1.165) is 5.56 Å². The van der Waals surface area contributed by atoms with E-state index in [-0.39, 0.29) is 23.6 Å². The molecule has 4 rings (SSSR count). The molecular formula is C25H21FN6O2. The van der Waals surface area contributed by atoms with Crippen molar-refractivity contribution in [1.82, 2.24) is 19.9 Å². The number of nitrogens with two attached hydrogens (primary N) is 1. The van der Waals surface area contributed by atoms with Crippen LogP contribution in [0.2, 0.25) is 0 Å². The first kappa shape index (κ1) is 22.5. The van der Waals surface area contributed by atoms with Crippen molar-refractivity contribution in [2.24, 2.45) is 0 Å². The number of anilines is 2. The van der Waals surface area contributed by atoms with Crippen molar-refractivity contribution in [1.29, 1.82) is 0 Å². The number of nitrogens with one attached hydrogen (secondary N) is 1. The summed E-state index contributed by atoms with van der Waals surface area (Å²) in [7, 11) is 0. The van der Waals surface area contributed by atoms with E-state index in [1.54, 1.807) is 25.1 Å². The molecular weight excluding hydrogens is 435 g/mol. The number of carbonyl (C=O) groups excluding carboxylic acids is 1. The zero-order valence-electron chi connectivity index (χ0n) is 18.5. The molecule has 0 saturated heterocycles. The highest BCUT2D eigenvalue weighted by molar-refractivity contribution is 6.00. The molecule has 0 spiro atoms. The predicted octanol–water partition coefficient (Wildman–Crippen LogP) is 4.86. The SMILES string of the molecule is C=CC(=O)Nc1cc(-c2nc(N)ncc2-c2ccc(Oc3nccc(C)n3)c(F)c2)ccc1C. The molecule has 0 fully saturated rings. The Morgan fingerprint density at radius 3 is 2.62 bits per heavy atom. The highest BCUT2D eigenvalue weighted by Gasteiger charge is 2.16. The Kier molecular flexibility index (Phi) is 6.26. The van der Waals surface area contributed by atoms with Crippen LogP contribution in [-0.2, 0) is 4.79 Å². The number of benzene rings is 2. The van der Waals surface area contributed by atoms with Crippen LogP contribution in [0.15, 0.2) is 67.5 Å². The van der Waals surface area contributed by atoms with E-state index in [9.17, 15) is 9.18 Å². The summed E-state index contributed by atoms with van der Waals surface area (Å²) in [5, 5.41) is 2.77. The second kappa shape index (κ2) is 9.45. The number of ether oxygens (including phenoxy) is 1. The van der Waals surface area contributed by atoms with Crippen LogP contribution in [-0.4, -0.2) is 25.8 Å². The Morgan fingerprint density at radius 1 is 1.09 bits per heavy atom. The number of aryl methyl sites for hydroxylation is 2. The molecule has 0 aliphatic rings. The van der Waals surface area contributed by atoms with E-state index in [1.165, 1.54) is 30.6 Å². The minimum Gasteiger partial charge on any atom is -0.421 e. The Hall–Kier alpha value is -4.66. The normalized spacial score (nSPS) is 10.6. The summed E-state index contributed by atoms with van der Waals surface area (Å²) in [6.07, 6.45) is 4.25. The van der Waals surface area contributed by atoms with Crippen molar-refractivity contribution in [3.63, 3.8) is 0 Å². The molecule has 2 aromatic carbocycles. The lowest BCUT2D eigenvalue weighted by atomic mass is 9.99. The largest absolute Gasteiger partial charge is 0.421 e. The van der Waals surface area contributed by atoms with Crippen molar-refractivity contribution in [2.75, 3.05) is 11.1 Å². The van der Waals surface area contributed by atoms with Crippen molar-refractivity contribution in [3.8, 4) is 34.1 Å². The standard InChI is InChI=1S/C25H21FN6O2/c1-4-22(33)31-20-12-17(6-5-14(20)2)23-18(13-29-24(27)32-23)16-7-8-21(19(26)11-16)34-25-28-10-9-15(3)30-25/h4-13H,1H2,2-3H3,(H,31,33)(H2,27,29,32). The zero-order chi connectivity index (χ0) is 24.2. The molecule has 0 unspecified atom stereocenters. The lowest BCUT2D eigenvalue weighted by molar-refractivity contribution is -0.111. The lowest BCUT2D eigenvalue weighted by Gasteiger charge is -2.13. The molecule has 8 nitrogen and oxygen atoms in total. The van der Waals surface area contributed by atoms with Crippen LogP contribution >= 0.6 is 0 Å². The Bertz CT molecular complexity index is 1410. The molecule has 0 aliphatic heterocycles. The van der Waals surface area contributed by atoms with Gasteiger partial charge in [0.15, 0.2) is 11.6 Å². The van der Waals surface area contributed by atoms with Gasteiger partial charge in [0.05, 0.1) is 5.69 Å². The first-order valence-electron chi connectivity index (χ1n) is 10.3. The second-order valence-electron chi connectivity index (χ2n) is 7.44. The third-order valence-corrected chi connectivity index (χ3v) is 4.98. The fraction of sp³-hybridized carbons (Fsp3) is 0.0800. The Morgan fingerprint density at radius 2 is 1.88 bits per heavy atom. The number of carbonyl (C=O) groups is 1. The molecule has 170 valence electrons.